The van der Waals surface area contributed by atoms with E-state index in [2.05, 4.69) is 0 Å². The van der Waals surface area contributed by atoms with Crippen molar-refractivity contribution in [2.24, 2.45) is 0 Å². The summed E-state index contributed by atoms with van der Waals surface area (Å²) in [6, 6.07) is 8.92. The zero-order chi connectivity index (χ0) is 8.97. The normalized spacial score (nSPS) is 11.7. The molecule has 0 amide bonds. The minimum absolute atomic E-state index is 0.423. The van der Waals surface area contributed by atoms with Crippen LogP contribution in [0.2, 0.25) is 0 Å². The van der Waals surface area contributed by atoms with Crippen LogP contribution in [0.5, 0.6) is 5.75 Å². The van der Waals surface area contributed by atoms with Gasteiger partial charge in [-0.3, -0.25) is 0 Å². The number of hydrogen-bond donors (Lipinski definition) is 1. The van der Waals surface area contributed by atoms with Crippen molar-refractivity contribution in [3.8, 4) is 11.8 Å². The third-order valence-corrected chi connectivity index (χ3v) is 1.37. The third kappa shape index (κ3) is 2.17. The number of nitriles is 1. The van der Waals surface area contributed by atoms with Gasteiger partial charge in [0, 0.05) is 5.69 Å². The Labute approximate surface area is 71.4 Å². The molecule has 1 aromatic carbocycles. The van der Waals surface area contributed by atoms with Crippen LogP contribution in [0.4, 0.5) is 5.69 Å². The molecule has 62 valence electrons. The highest BCUT2D eigenvalue weighted by atomic mass is 16.5. The van der Waals surface area contributed by atoms with Gasteiger partial charge in [-0.1, -0.05) is 0 Å². The molecule has 1 unspecified atom stereocenters. The molecule has 2 N–H and O–H groups in total. The van der Waals surface area contributed by atoms with Crippen LogP contribution >= 0.6 is 0 Å². The highest BCUT2D eigenvalue weighted by Gasteiger charge is 1.99. The zero-order valence-corrected chi connectivity index (χ0v) is 6.82. The fourth-order valence-electron chi connectivity index (χ4n) is 0.777. The van der Waals surface area contributed by atoms with E-state index in [1.165, 1.54) is 0 Å². The number of nitrogen functional groups attached to an aromatic ring is 1. The summed E-state index contributed by atoms with van der Waals surface area (Å²) in [5.74, 6) is 0.665. The van der Waals surface area contributed by atoms with Crippen molar-refractivity contribution >= 4 is 5.69 Å². The molecule has 0 saturated heterocycles. The van der Waals surface area contributed by atoms with E-state index >= 15 is 0 Å². The summed E-state index contributed by atoms with van der Waals surface area (Å²) in [4.78, 5) is 0. The van der Waals surface area contributed by atoms with Gasteiger partial charge in [0.25, 0.3) is 0 Å². The molecule has 1 rings (SSSR count). The van der Waals surface area contributed by atoms with Gasteiger partial charge in [-0.2, -0.15) is 5.26 Å². The van der Waals surface area contributed by atoms with Gasteiger partial charge in [-0.25, -0.2) is 0 Å². The smallest absolute Gasteiger partial charge is 0.181 e. The molecule has 3 heteroatoms. The first-order valence-corrected chi connectivity index (χ1v) is 3.64. The van der Waals surface area contributed by atoms with Crippen LogP contribution in [0, 0.1) is 11.3 Å². The van der Waals surface area contributed by atoms with Crippen molar-refractivity contribution < 1.29 is 4.74 Å². The molecule has 0 aliphatic carbocycles. The Morgan fingerprint density at radius 1 is 1.42 bits per heavy atom. The summed E-state index contributed by atoms with van der Waals surface area (Å²) in [6.07, 6.45) is -0.423. The molecule has 0 heterocycles. The van der Waals surface area contributed by atoms with E-state index in [1.807, 2.05) is 6.07 Å². The number of rotatable bonds is 2. The average molecular weight is 162 g/mol. The quantitative estimate of drug-likeness (QED) is 0.671. The van der Waals surface area contributed by atoms with Crippen molar-refractivity contribution in [1.82, 2.24) is 0 Å². The molecule has 0 aromatic heterocycles. The van der Waals surface area contributed by atoms with E-state index in [-0.39, 0.29) is 0 Å². The molecular formula is C9H10N2O. The molecule has 1 aromatic rings. The molecule has 0 aliphatic heterocycles. The van der Waals surface area contributed by atoms with Gasteiger partial charge in [0.2, 0.25) is 0 Å². The van der Waals surface area contributed by atoms with E-state index in [4.69, 9.17) is 15.7 Å². The van der Waals surface area contributed by atoms with Gasteiger partial charge in [0.1, 0.15) is 11.8 Å². The Hall–Kier alpha value is -1.69. The molecule has 12 heavy (non-hydrogen) atoms. The first kappa shape index (κ1) is 8.41. The summed E-state index contributed by atoms with van der Waals surface area (Å²) in [6.45, 7) is 1.69. The lowest BCUT2D eigenvalue weighted by molar-refractivity contribution is 0.276. The van der Waals surface area contributed by atoms with Crippen molar-refractivity contribution in [1.29, 1.82) is 5.26 Å². The first-order valence-electron chi connectivity index (χ1n) is 3.64. The molecule has 0 spiro atoms. The monoisotopic (exact) mass is 162 g/mol. The van der Waals surface area contributed by atoms with Crippen molar-refractivity contribution in [3.05, 3.63) is 24.3 Å². The lowest BCUT2D eigenvalue weighted by Crippen LogP contribution is -2.07. The number of ether oxygens (including phenoxy) is 1. The van der Waals surface area contributed by atoms with E-state index in [1.54, 1.807) is 31.2 Å². The number of hydrogen-bond acceptors (Lipinski definition) is 3. The van der Waals surface area contributed by atoms with Crippen molar-refractivity contribution in [2.75, 3.05) is 5.73 Å². The van der Waals surface area contributed by atoms with Gasteiger partial charge in [0.05, 0.1) is 0 Å². The van der Waals surface area contributed by atoms with Gasteiger partial charge in [0.15, 0.2) is 6.10 Å². The molecule has 0 aliphatic rings. The molecule has 0 radical (unpaired) electrons. The van der Waals surface area contributed by atoms with Crippen LogP contribution in [0.15, 0.2) is 24.3 Å². The van der Waals surface area contributed by atoms with Crippen LogP contribution in [0.1, 0.15) is 6.92 Å². The third-order valence-electron chi connectivity index (χ3n) is 1.37. The largest absolute Gasteiger partial charge is 0.476 e. The summed E-state index contributed by atoms with van der Waals surface area (Å²) in [5.41, 5.74) is 6.16. The molecule has 0 saturated carbocycles. The van der Waals surface area contributed by atoms with E-state index in [9.17, 15) is 0 Å². The molecule has 0 bridgehead atoms. The number of nitrogens with two attached hydrogens (primary N) is 1. The zero-order valence-electron chi connectivity index (χ0n) is 6.82. The Bertz CT molecular complexity index is 286. The van der Waals surface area contributed by atoms with Crippen molar-refractivity contribution in [2.45, 2.75) is 13.0 Å². The molecule has 1 atom stereocenters. The fraction of sp³-hybridized carbons (Fsp3) is 0.222. The minimum Gasteiger partial charge on any atom is -0.476 e. The fourth-order valence-corrected chi connectivity index (χ4v) is 0.777. The Morgan fingerprint density at radius 2 is 2.00 bits per heavy atom. The van der Waals surface area contributed by atoms with Crippen LogP contribution in [-0.4, -0.2) is 6.10 Å². The van der Waals surface area contributed by atoms with Gasteiger partial charge in [-0.05, 0) is 31.2 Å². The van der Waals surface area contributed by atoms with Gasteiger partial charge in [-0.15, -0.1) is 0 Å². The highest BCUT2D eigenvalue weighted by molar-refractivity contribution is 5.41. The minimum atomic E-state index is -0.423. The molecular weight excluding hydrogens is 152 g/mol. The van der Waals surface area contributed by atoms with E-state index in [0.29, 0.717) is 11.4 Å². The second-order valence-corrected chi connectivity index (χ2v) is 2.46. The maximum atomic E-state index is 8.45. The predicted octanol–water partition coefficient (Wildman–Crippen LogP) is 1.56. The SMILES string of the molecule is CC(C#N)Oc1ccc(N)cc1. The second-order valence-electron chi connectivity index (χ2n) is 2.46. The lowest BCUT2D eigenvalue weighted by Gasteiger charge is -2.06. The number of nitrogens with zero attached hydrogens (tertiary/aromatic N) is 1. The van der Waals surface area contributed by atoms with E-state index in [0.717, 1.165) is 0 Å². The van der Waals surface area contributed by atoms with Crippen LogP contribution in [0.3, 0.4) is 0 Å². The van der Waals surface area contributed by atoms with Gasteiger partial charge < -0.3 is 10.5 Å². The maximum Gasteiger partial charge on any atom is 0.181 e. The molecule has 3 nitrogen and oxygen atoms in total. The summed E-state index contributed by atoms with van der Waals surface area (Å²) < 4.78 is 5.20. The highest BCUT2D eigenvalue weighted by Crippen LogP contribution is 2.14. The number of anilines is 1. The number of benzene rings is 1. The van der Waals surface area contributed by atoms with Crippen LogP contribution in [-0.2, 0) is 0 Å². The molecule has 0 fully saturated rings. The summed E-state index contributed by atoms with van der Waals surface area (Å²) >= 11 is 0. The topological polar surface area (TPSA) is 59.0 Å². The maximum absolute atomic E-state index is 8.45. The Morgan fingerprint density at radius 3 is 2.50 bits per heavy atom. The average Bonchev–Trinajstić information content (AvgIpc) is 2.09. The van der Waals surface area contributed by atoms with Crippen LogP contribution in [0.25, 0.3) is 0 Å². The van der Waals surface area contributed by atoms with E-state index < -0.39 is 6.10 Å². The van der Waals surface area contributed by atoms with Crippen LogP contribution < -0.4 is 10.5 Å². The van der Waals surface area contributed by atoms with Crippen molar-refractivity contribution in [3.63, 3.8) is 0 Å². The Balaban J connectivity index is 2.66. The first-order chi connectivity index (χ1) is 5.72. The standard InChI is InChI=1S/C9H10N2O/c1-7(6-10)12-9-4-2-8(11)3-5-9/h2-5,7H,11H2,1H3. The Kier molecular flexibility index (Phi) is 2.54. The predicted molar refractivity (Wildman–Crippen MR) is 46.6 cm³/mol. The second kappa shape index (κ2) is 3.63. The summed E-state index contributed by atoms with van der Waals surface area (Å²) in [5, 5.41) is 8.45. The van der Waals surface area contributed by atoms with Gasteiger partial charge >= 0.3 is 0 Å². The summed E-state index contributed by atoms with van der Waals surface area (Å²) in [7, 11) is 0. The lowest BCUT2D eigenvalue weighted by atomic mass is 10.3.